The molecule has 2 rings (SSSR count). The molecule has 76 valence electrons. The molecule has 1 aliphatic rings. The summed E-state index contributed by atoms with van der Waals surface area (Å²) >= 11 is 0. The van der Waals surface area contributed by atoms with Crippen molar-refractivity contribution in [3.63, 3.8) is 0 Å². The van der Waals surface area contributed by atoms with Crippen LogP contribution in [-0.2, 0) is 0 Å². The minimum absolute atomic E-state index is 0.0896. The highest BCUT2D eigenvalue weighted by Gasteiger charge is 2.23. The monoisotopic (exact) mass is 197 g/mol. The predicted octanol–water partition coefficient (Wildman–Crippen LogP) is 1.62. The molecule has 0 fully saturated rings. The van der Waals surface area contributed by atoms with E-state index in [1.807, 2.05) is 0 Å². The summed E-state index contributed by atoms with van der Waals surface area (Å²) in [6.07, 6.45) is 0.752. The van der Waals surface area contributed by atoms with E-state index in [2.05, 4.69) is 0 Å². The quantitative estimate of drug-likeness (QED) is 0.744. The second-order valence-electron chi connectivity index (χ2n) is 3.24. The molecule has 0 radical (unpaired) electrons. The number of ether oxygens (including phenoxy) is 2. The predicted molar refractivity (Wildman–Crippen MR) is 50.0 cm³/mol. The standard InChI is InChI=1S/C10H12FNO2/c1-13-10-7(11)3-2-6-8(12)4-5-14-9(6)10/h2-3,8H,4-5,12H2,1H3. The maximum Gasteiger partial charge on any atom is 0.197 e. The molecule has 0 bridgehead atoms. The maximum absolute atomic E-state index is 13.3. The van der Waals surface area contributed by atoms with Crippen molar-refractivity contribution in [1.82, 2.24) is 0 Å². The number of fused-ring (bicyclic) bond motifs is 1. The lowest BCUT2D eigenvalue weighted by Gasteiger charge is -2.24. The van der Waals surface area contributed by atoms with Crippen molar-refractivity contribution in [2.75, 3.05) is 13.7 Å². The molecule has 0 spiro atoms. The Morgan fingerprint density at radius 2 is 2.36 bits per heavy atom. The van der Waals surface area contributed by atoms with E-state index < -0.39 is 5.82 Å². The first-order valence-corrected chi connectivity index (χ1v) is 4.49. The van der Waals surface area contributed by atoms with Gasteiger partial charge in [0.2, 0.25) is 0 Å². The van der Waals surface area contributed by atoms with Crippen LogP contribution in [0.4, 0.5) is 4.39 Å². The Morgan fingerprint density at radius 1 is 1.57 bits per heavy atom. The largest absolute Gasteiger partial charge is 0.490 e. The molecule has 0 aromatic heterocycles. The summed E-state index contributed by atoms with van der Waals surface area (Å²) in [5.41, 5.74) is 6.68. The number of rotatable bonds is 1. The fraction of sp³-hybridized carbons (Fsp3) is 0.400. The minimum Gasteiger partial charge on any atom is -0.490 e. The molecular formula is C10H12FNO2. The topological polar surface area (TPSA) is 44.5 Å². The van der Waals surface area contributed by atoms with Crippen LogP contribution < -0.4 is 15.2 Å². The van der Waals surface area contributed by atoms with Gasteiger partial charge in [0.25, 0.3) is 0 Å². The molecule has 14 heavy (non-hydrogen) atoms. The molecule has 1 unspecified atom stereocenters. The van der Waals surface area contributed by atoms with Crippen LogP contribution in [0.25, 0.3) is 0 Å². The van der Waals surface area contributed by atoms with Gasteiger partial charge < -0.3 is 15.2 Å². The highest BCUT2D eigenvalue weighted by molar-refractivity contribution is 5.49. The van der Waals surface area contributed by atoms with Crippen LogP contribution in [0.2, 0.25) is 0 Å². The van der Waals surface area contributed by atoms with Crippen LogP contribution in [-0.4, -0.2) is 13.7 Å². The highest BCUT2D eigenvalue weighted by atomic mass is 19.1. The molecule has 4 heteroatoms. The van der Waals surface area contributed by atoms with Crippen molar-refractivity contribution in [2.24, 2.45) is 5.73 Å². The SMILES string of the molecule is COc1c(F)ccc2c1OCCC2N. The van der Waals surface area contributed by atoms with Crippen molar-refractivity contribution in [2.45, 2.75) is 12.5 Å². The molecule has 0 saturated carbocycles. The van der Waals surface area contributed by atoms with E-state index in [4.69, 9.17) is 15.2 Å². The van der Waals surface area contributed by atoms with Gasteiger partial charge in [-0.25, -0.2) is 4.39 Å². The average Bonchev–Trinajstić information content (AvgIpc) is 2.18. The van der Waals surface area contributed by atoms with Crippen molar-refractivity contribution in [3.05, 3.63) is 23.5 Å². The van der Waals surface area contributed by atoms with Gasteiger partial charge >= 0.3 is 0 Å². The molecule has 1 aliphatic heterocycles. The minimum atomic E-state index is -0.416. The van der Waals surface area contributed by atoms with Crippen molar-refractivity contribution in [1.29, 1.82) is 0 Å². The number of nitrogens with two attached hydrogens (primary N) is 1. The van der Waals surface area contributed by atoms with Crippen LogP contribution >= 0.6 is 0 Å². The zero-order valence-corrected chi connectivity index (χ0v) is 7.92. The third kappa shape index (κ3) is 1.32. The number of hydrogen-bond donors (Lipinski definition) is 1. The molecule has 1 aromatic rings. The van der Waals surface area contributed by atoms with E-state index >= 15 is 0 Å². The Kier molecular flexibility index (Phi) is 2.29. The highest BCUT2D eigenvalue weighted by Crippen LogP contribution is 2.39. The number of hydrogen-bond acceptors (Lipinski definition) is 3. The van der Waals surface area contributed by atoms with Gasteiger partial charge in [-0.1, -0.05) is 6.07 Å². The molecule has 2 N–H and O–H groups in total. The third-order valence-corrected chi connectivity index (χ3v) is 2.37. The van der Waals surface area contributed by atoms with Crippen LogP contribution in [0.3, 0.4) is 0 Å². The summed E-state index contributed by atoms with van der Waals surface area (Å²) < 4.78 is 23.5. The van der Waals surface area contributed by atoms with Gasteiger partial charge in [-0.3, -0.25) is 0 Å². The number of halogens is 1. The molecule has 0 aliphatic carbocycles. The van der Waals surface area contributed by atoms with Gasteiger partial charge in [-0.05, 0) is 6.07 Å². The first-order valence-electron chi connectivity index (χ1n) is 4.49. The Bertz CT molecular complexity index is 354. The molecule has 0 saturated heterocycles. The lowest BCUT2D eigenvalue weighted by molar-refractivity contribution is 0.248. The van der Waals surface area contributed by atoms with Crippen LogP contribution in [0, 0.1) is 5.82 Å². The summed E-state index contributed by atoms with van der Waals surface area (Å²) in [4.78, 5) is 0. The molecule has 1 heterocycles. The van der Waals surface area contributed by atoms with E-state index in [0.717, 1.165) is 12.0 Å². The third-order valence-electron chi connectivity index (χ3n) is 2.37. The zero-order valence-electron chi connectivity index (χ0n) is 7.92. The zero-order chi connectivity index (χ0) is 10.1. The van der Waals surface area contributed by atoms with E-state index in [9.17, 15) is 4.39 Å². The van der Waals surface area contributed by atoms with Gasteiger partial charge in [0.05, 0.1) is 13.7 Å². The second-order valence-corrected chi connectivity index (χ2v) is 3.24. The first kappa shape index (κ1) is 9.27. The fourth-order valence-corrected chi connectivity index (χ4v) is 1.63. The Morgan fingerprint density at radius 3 is 3.07 bits per heavy atom. The van der Waals surface area contributed by atoms with E-state index in [0.29, 0.717) is 12.4 Å². The lowest BCUT2D eigenvalue weighted by Crippen LogP contribution is -2.21. The molecule has 1 aromatic carbocycles. The summed E-state index contributed by atoms with van der Waals surface area (Å²) in [6.45, 7) is 0.508. The van der Waals surface area contributed by atoms with Crippen molar-refractivity contribution < 1.29 is 13.9 Å². The maximum atomic E-state index is 13.3. The van der Waals surface area contributed by atoms with E-state index in [1.54, 1.807) is 6.07 Å². The Balaban J connectivity index is 2.55. The Hall–Kier alpha value is -1.29. The smallest absolute Gasteiger partial charge is 0.197 e. The summed E-state index contributed by atoms with van der Waals surface area (Å²) in [5.74, 6) is 0.184. The van der Waals surface area contributed by atoms with Gasteiger partial charge in [0.15, 0.2) is 17.3 Å². The number of methoxy groups -OCH3 is 1. The van der Waals surface area contributed by atoms with Crippen LogP contribution in [0.15, 0.2) is 12.1 Å². The van der Waals surface area contributed by atoms with Gasteiger partial charge in [0, 0.05) is 18.0 Å². The molecule has 3 nitrogen and oxygen atoms in total. The first-order chi connectivity index (χ1) is 6.74. The Labute approximate surface area is 81.6 Å². The van der Waals surface area contributed by atoms with Crippen molar-refractivity contribution >= 4 is 0 Å². The van der Waals surface area contributed by atoms with Gasteiger partial charge in [-0.2, -0.15) is 0 Å². The normalized spacial score (nSPS) is 19.8. The summed E-state index contributed by atoms with van der Waals surface area (Å²) in [6, 6.07) is 2.91. The second kappa shape index (κ2) is 3.46. The van der Waals surface area contributed by atoms with Crippen LogP contribution in [0.1, 0.15) is 18.0 Å². The lowest BCUT2D eigenvalue weighted by atomic mass is 10.0. The van der Waals surface area contributed by atoms with E-state index in [1.165, 1.54) is 13.2 Å². The van der Waals surface area contributed by atoms with Gasteiger partial charge in [-0.15, -0.1) is 0 Å². The molecular weight excluding hydrogens is 185 g/mol. The molecule has 0 amide bonds. The summed E-state index contributed by atoms with van der Waals surface area (Å²) in [5, 5.41) is 0. The average molecular weight is 197 g/mol. The fourth-order valence-electron chi connectivity index (χ4n) is 1.63. The van der Waals surface area contributed by atoms with Gasteiger partial charge in [0.1, 0.15) is 0 Å². The van der Waals surface area contributed by atoms with Crippen LogP contribution in [0.5, 0.6) is 11.5 Å². The summed E-state index contributed by atoms with van der Waals surface area (Å²) in [7, 11) is 1.42. The van der Waals surface area contributed by atoms with E-state index in [-0.39, 0.29) is 11.8 Å². The van der Waals surface area contributed by atoms with Crippen molar-refractivity contribution in [3.8, 4) is 11.5 Å². The number of benzene rings is 1. The molecule has 1 atom stereocenters.